The lowest BCUT2D eigenvalue weighted by atomic mass is 9.95. The van der Waals surface area contributed by atoms with Gasteiger partial charge in [0.2, 0.25) is 5.91 Å². The standard InChI is InChI=1S/C24H28ClN3O3/c1-3-16(2)26-22(29)17-12-14-28(15-13-17)24(31)18-8-10-19(11-9-18)27-23(30)20-6-4-5-7-21(20)25/h4-11,16-17H,3,12-15H2,1-2H3,(H,26,29)(H,27,30)/t16-/m0/s1. The number of anilines is 1. The van der Waals surface area contributed by atoms with E-state index in [1.54, 1.807) is 53.4 Å². The fourth-order valence-corrected chi connectivity index (χ4v) is 3.75. The van der Waals surface area contributed by atoms with Crippen LogP contribution in [0.5, 0.6) is 0 Å². The Morgan fingerprint density at radius 2 is 1.71 bits per heavy atom. The van der Waals surface area contributed by atoms with Gasteiger partial charge < -0.3 is 15.5 Å². The van der Waals surface area contributed by atoms with E-state index >= 15 is 0 Å². The highest BCUT2D eigenvalue weighted by Crippen LogP contribution is 2.21. The summed E-state index contributed by atoms with van der Waals surface area (Å²) in [6.07, 6.45) is 2.23. The van der Waals surface area contributed by atoms with E-state index in [-0.39, 0.29) is 29.7 Å². The maximum Gasteiger partial charge on any atom is 0.257 e. The summed E-state index contributed by atoms with van der Waals surface area (Å²) >= 11 is 6.06. The maximum absolute atomic E-state index is 12.8. The van der Waals surface area contributed by atoms with Crippen LogP contribution in [0, 0.1) is 5.92 Å². The van der Waals surface area contributed by atoms with Crippen LogP contribution in [0.2, 0.25) is 5.02 Å². The van der Waals surface area contributed by atoms with Crippen LogP contribution in [0.4, 0.5) is 5.69 Å². The molecule has 1 heterocycles. The first-order chi connectivity index (χ1) is 14.9. The van der Waals surface area contributed by atoms with E-state index in [1.165, 1.54) is 0 Å². The molecule has 1 fully saturated rings. The van der Waals surface area contributed by atoms with Crippen molar-refractivity contribution >= 4 is 35.0 Å². The Labute approximate surface area is 188 Å². The van der Waals surface area contributed by atoms with Crippen molar-refractivity contribution in [3.63, 3.8) is 0 Å². The maximum atomic E-state index is 12.8. The second-order valence-electron chi connectivity index (χ2n) is 7.90. The fourth-order valence-electron chi connectivity index (χ4n) is 3.53. The third-order valence-electron chi connectivity index (χ3n) is 5.66. The van der Waals surface area contributed by atoms with Crippen LogP contribution in [0.25, 0.3) is 0 Å². The van der Waals surface area contributed by atoms with E-state index in [9.17, 15) is 14.4 Å². The first-order valence-electron chi connectivity index (χ1n) is 10.6. The molecular weight excluding hydrogens is 414 g/mol. The zero-order valence-electron chi connectivity index (χ0n) is 17.9. The normalized spacial score (nSPS) is 15.3. The number of amides is 3. The minimum absolute atomic E-state index is 0.0413. The summed E-state index contributed by atoms with van der Waals surface area (Å²) in [6, 6.07) is 13.8. The first kappa shape index (κ1) is 22.8. The van der Waals surface area contributed by atoms with E-state index in [2.05, 4.69) is 10.6 Å². The predicted octanol–water partition coefficient (Wildman–Crippen LogP) is 4.36. The topological polar surface area (TPSA) is 78.5 Å². The highest BCUT2D eigenvalue weighted by Gasteiger charge is 2.28. The van der Waals surface area contributed by atoms with E-state index in [0.717, 1.165) is 6.42 Å². The number of rotatable bonds is 6. The number of hydrogen-bond donors (Lipinski definition) is 2. The molecule has 0 unspecified atom stereocenters. The van der Waals surface area contributed by atoms with Crippen molar-refractivity contribution in [3.8, 4) is 0 Å². The Hall–Kier alpha value is -2.86. The molecule has 0 radical (unpaired) electrons. The van der Waals surface area contributed by atoms with Gasteiger partial charge in [-0.1, -0.05) is 30.7 Å². The lowest BCUT2D eigenvalue weighted by Crippen LogP contribution is -2.44. The van der Waals surface area contributed by atoms with Crippen molar-refractivity contribution in [1.82, 2.24) is 10.2 Å². The van der Waals surface area contributed by atoms with Gasteiger partial charge in [0, 0.05) is 36.3 Å². The zero-order valence-corrected chi connectivity index (χ0v) is 18.6. The molecule has 31 heavy (non-hydrogen) atoms. The number of carbonyl (C=O) groups excluding carboxylic acids is 3. The quantitative estimate of drug-likeness (QED) is 0.699. The number of nitrogens with one attached hydrogen (secondary N) is 2. The molecule has 0 aliphatic carbocycles. The molecule has 0 aromatic heterocycles. The van der Waals surface area contributed by atoms with E-state index in [0.29, 0.717) is 47.8 Å². The minimum Gasteiger partial charge on any atom is -0.353 e. The summed E-state index contributed by atoms with van der Waals surface area (Å²) in [5.41, 5.74) is 1.53. The van der Waals surface area contributed by atoms with Crippen LogP contribution in [-0.4, -0.2) is 41.8 Å². The van der Waals surface area contributed by atoms with E-state index < -0.39 is 0 Å². The molecule has 0 spiro atoms. The van der Waals surface area contributed by atoms with Gasteiger partial charge in [0.05, 0.1) is 10.6 Å². The average Bonchev–Trinajstić information content (AvgIpc) is 2.79. The van der Waals surface area contributed by atoms with Crippen molar-refractivity contribution in [2.24, 2.45) is 5.92 Å². The monoisotopic (exact) mass is 441 g/mol. The molecule has 2 N–H and O–H groups in total. The molecule has 0 saturated carbocycles. The summed E-state index contributed by atoms with van der Waals surface area (Å²) in [5, 5.41) is 6.20. The number of hydrogen-bond acceptors (Lipinski definition) is 3. The van der Waals surface area contributed by atoms with Crippen LogP contribution in [0.1, 0.15) is 53.8 Å². The molecule has 2 aromatic rings. The van der Waals surface area contributed by atoms with E-state index in [1.807, 2.05) is 13.8 Å². The Bertz CT molecular complexity index is 937. The molecule has 164 valence electrons. The molecule has 1 aliphatic heterocycles. The number of carbonyl (C=O) groups is 3. The average molecular weight is 442 g/mol. The second kappa shape index (κ2) is 10.4. The van der Waals surface area contributed by atoms with Crippen LogP contribution < -0.4 is 10.6 Å². The summed E-state index contributed by atoms with van der Waals surface area (Å²) < 4.78 is 0. The van der Waals surface area contributed by atoms with Crippen LogP contribution in [0.3, 0.4) is 0 Å². The number of halogens is 1. The zero-order chi connectivity index (χ0) is 22.4. The van der Waals surface area contributed by atoms with Crippen LogP contribution in [0.15, 0.2) is 48.5 Å². The molecular formula is C24H28ClN3O3. The Kier molecular flexibility index (Phi) is 7.69. The van der Waals surface area contributed by atoms with Gasteiger partial charge in [-0.3, -0.25) is 14.4 Å². The highest BCUT2D eigenvalue weighted by atomic mass is 35.5. The number of nitrogens with zero attached hydrogens (tertiary/aromatic N) is 1. The SMILES string of the molecule is CC[C@H](C)NC(=O)C1CCN(C(=O)c2ccc(NC(=O)c3ccccc3Cl)cc2)CC1. The lowest BCUT2D eigenvalue weighted by Gasteiger charge is -2.32. The van der Waals surface area contributed by atoms with Crippen molar-refractivity contribution in [2.75, 3.05) is 18.4 Å². The summed E-state index contributed by atoms with van der Waals surface area (Å²) in [4.78, 5) is 39.3. The molecule has 6 nitrogen and oxygen atoms in total. The Morgan fingerprint density at radius 3 is 2.32 bits per heavy atom. The second-order valence-corrected chi connectivity index (χ2v) is 8.30. The third-order valence-corrected chi connectivity index (χ3v) is 5.99. The van der Waals surface area contributed by atoms with E-state index in [4.69, 9.17) is 11.6 Å². The molecule has 1 saturated heterocycles. The molecule has 1 atom stereocenters. The molecule has 1 aliphatic rings. The Morgan fingerprint density at radius 1 is 1.06 bits per heavy atom. The molecule has 2 aromatic carbocycles. The lowest BCUT2D eigenvalue weighted by molar-refractivity contribution is -0.126. The fraction of sp³-hybridized carbons (Fsp3) is 0.375. The van der Waals surface area contributed by atoms with Gasteiger partial charge in [-0.2, -0.15) is 0 Å². The number of benzene rings is 2. The largest absolute Gasteiger partial charge is 0.353 e. The minimum atomic E-state index is -0.303. The van der Waals surface area contributed by atoms with Gasteiger partial charge in [-0.05, 0) is 62.6 Å². The van der Waals surface area contributed by atoms with Gasteiger partial charge in [0.1, 0.15) is 0 Å². The predicted molar refractivity (Wildman–Crippen MR) is 122 cm³/mol. The number of piperidine rings is 1. The molecule has 7 heteroatoms. The summed E-state index contributed by atoms with van der Waals surface area (Å²) in [6.45, 7) is 5.15. The van der Waals surface area contributed by atoms with Gasteiger partial charge in [0.15, 0.2) is 0 Å². The first-order valence-corrected chi connectivity index (χ1v) is 11.0. The summed E-state index contributed by atoms with van der Waals surface area (Å²) in [5.74, 6) is -0.326. The van der Waals surface area contributed by atoms with Crippen molar-refractivity contribution in [3.05, 3.63) is 64.7 Å². The number of likely N-dealkylation sites (tertiary alicyclic amines) is 1. The summed E-state index contributed by atoms with van der Waals surface area (Å²) in [7, 11) is 0. The van der Waals surface area contributed by atoms with Gasteiger partial charge in [0.25, 0.3) is 11.8 Å². The van der Waals surface area contributed by atoms with Crippen LogP contribution in [-0.2, 0) is 4.79 Å². The van der Waals surface area contributed by atoms with Gasteiger partial charge in [-0.25, -0.2) is 0 Å². The molecule has 3 amide bonds. The van der Waals surface area contributed by atoms with Crippen molar-refractivity contribution in [2.45, 2.75) is 39.2 Å². The van der Waals surface area contributed by atoms with Crippen molar-refractivity contribution in [1.29, 1.82) is 0 Å². The van der Waals surface area contributed by atoms with Gasteiger partial charge >= 0.3 is 0 Å². The highest BCUT2D eigenvalue weighted by molar-refractivity contribution is 6.34. The smallest absolute Gasteiger partial charge is 0.257 e. The van der Waals surface area contributed by atoms with Crippen LogP contribution >= 0.6 is 11.6 Å². The van der Waals surface area contributed by atoms with Gasteiger partial charge in [-0.15, -0.1) is 0 Å². The third kappa shape index (κ3) is 5.85. The molecule has 0 bridgehead atoms. The van der Waals surface area contributed by atoms with Crippen molar-refractivity contribution < 1.29 is 14.4 Å². The Balaban J connectivity index is 1.54. The molecule has 3 rings (SSSR count).